The second-order valence-corrected chi connectivity index (χ2v) is 6.18. The minimum atomic E-state index is 1.09. The summed E-state index contributed by atoms with van der Waals surface area (Å²) in [7, 11) is 0. The zero-order valence-electron chi connectivity index (χ0n) is 11.3. The summed E-state index contributed by atoms with van der Waals surface area (Å²) in [6, 6.07) is 4.37. The fourth-order valence-corrected chi connectivity index (χ4v) is 3.35. The summed E-state index contributed by atoms with van der Waals surface area (Å²) in [5.74, 6) is 3.12. The number of hydrogen-bond acceptors (Lipinski definition) is 2. The van der Waals surface area contributed by atoms with Gasteiger partial charge >= 0.3 is 0 Å². The number of nitrogens with zero attached hydrogens (tertiary/aromatic N) is 1. The Balaban J connectivity index is 2.49. The Labute approximate surface area is 129 Å². The normalized spacial score (nSPS) is 10.4. The first-order valence-electron chi connectivity index (χ1n) is 6.72. The minimum Gasteiger partial charge on any atom is -0.298 e. The van der Waals surface area contributed by atoms with Gasteiger partial charge in [-0.25, -0.2) is 0 Å². The lowest BCUT2D eigenvalue weighted by Gasteiger charge is -2.20. The van der Waals surface area contributed by atoms with Crippen LogP contribution in [0.3, 0.4) is 0 Å². The molecule has 0 atom stereocenters. The first-order valence-corrected chi connectivity index (χ1v) is 8.62. The third-order valence-electron chi connectivity index (χ3n) is 2.83. The summed E-state index contributed by atoms with van der Waals surface area (Å²) in [6.07, 6.45) is 5.20. The number of hydrogen-bond donors (Lipinski definition) is 0. The molecule has 1 nitrogen and oxygen atoms in total. The van der Waals surface area contributed by atoms with E-state index in [0.717, 1.165) is 6.54 Å². The van der Waals surface area contributed by atoms with E-state index in [1.807, 2.05) is 11.3 Å². The van der Waals surface area contributed by atoms with Gasteiger partial charge in [-0.15, -0.1) is 11.3 Å². The van der Waals surface area contributed by atoms with Crippen molar-refractivity contribution < 1.29 is 0 Å². The van der Waals surface area contributed by atoms with E-state index in [1.54, 1.807) is 0 Å². The molecule has 0 N–H and O–H groups in total. The lowest BCUT2D eigenvalue weighted by molar-refractivity contribution is 0.262. The molecule has 0 amide bonds. The molecule has 0 radical (unpaired) electrons. The summed E-state index contributed by atoms with van der Waals surface area (Å²) in [4.78, 5) is 5.20. The van der Waals surface area contributed by atoms with Crippen molar-refractivity contribution in [3.05, 3.63) is 21.9 Å². The molecule has 0 saturated heterocycles. The van der Waals surface area contributed by atoms with Gasteiger partial charge in [0.15, 0.2) is 0 Å². The van der Waals surface area contributed by atoms with Gasteiger partial charge in [-0.05, 0) is 47.9 Å². The van der Waals surface area contributed by atoms with Crippen LogP contribution < -0.4 is 0 Å². The van der Waals surface area contributed by atoms with Crippen LogP contribution in [0.15, 0.2) is 12.1 Å². The summed E-state index contributed by atoms with van der Waals surface area (Å²) in [5, 5.41) is 0. The Morgan fingerprint density at radius 3 is 2.67 bits per heavy atom. The quantitative estimate of drug-likeness (QED) is 0.355. The predicted octanol–water partition coefficient (Wildman–Crippen LogP) is 4.89. The summed E-state index contributed by atoms with van der Waals surface area (Å²) < 4.78 is 2.93. The standard InChI is InChI=1S/C15H22INS/c1-3-5-6-12-17(11-4-2)13-15-8-7-14(18-15)9-10-16/h7-8H,3-6,11-13H2,1-2H3. The van der Waals surface area contributed by atoms with E-state index in [0.29, 0.717) is 0 Å². The highest BCUT2D eigenvalue weighted by atomic mass is 127. The van der Waals surface area contributed by atoms with Gasteiger partial charge in [0.1, 0.15) is 0 Å². The Bertz CT molecular complexity index is 389. The molecular weight excluding hydrogens is 353 g/mol. The molecule has 0 unspecified atom stereocenters. The van der Waals surface area contributed by atoms with E-state index in [9.17, 15) is 0 Å². The lowest BCUT2D eigenvalue weighted by Crippen LogP contribution is -2.24. The maximum atomic E-state index is 3.12. The maximum Gasteiger partial charge on any atom is 0.0780 e. The van der Waals surface area contributed by atoms with Crippen molar-refractivity contribution in [2.75, 3.05) is 13.1 Å². The Hall–Kier alpha value is -0.0500. The Morgan fingerprint density at radius 2 is 2.00 bits per heavy atom. The van der Waals surface area contributed by atoms with Crippen LogP contribution >= 0.6 is 33.9 Å². The van der Waals surface area contributed by atoms with Gasteiger partial charge in [-0.2, -0.15) is 0 Å². The molecule has 0 aliphatic rings. The predicted molar refractivity (Wildman–Crippen MR) is 90.3 cm³/mol. The molecule has 0 aliphatic carbocycles. The van der Waals surface area contributed by atoms with E-state index in [1.165, 1.54) is 48.5 Å². The highest BCUT2D eigenvalue weighted by Crippen LogP contribution is 2.18. The molecule has 0 aromatic carbocycles. The lowest BCUT2D eigenvalue weighted by atomic mass is 10.2. The molecule has 0 spiro atoms. The SMILES string of the molecule is CCCCCN(CCC)Cc1ccc(C#CI)s1. The maximum absolute atomic E-state index is 3.12. The van der Waals surface area contributed by atoms with Crippen molar-refractivity contribution in [3.63, 3.8) is 0 Å². The van der Waals surface area contributed by atoms with E-state index in [4.69, 9.17) is 0 Å². The van der Waals surface area contributed by atoms with E-state index >= 15 is 0 Å². The number of unbranched alkanes of at least 4 members (excludes halogenated alkanes) is 2. The van der Waals surface area contributed by atoms with Crippen LogP contribution in [0.5, 0.6) is 0 Å². The van der Waals surface area contributed by atoms with Gasteiger partial charge in [0, 0.05) is 34.0 Å². The van der Waals surface area contributed by atoms with Crippen LogP contribution in [0.4, 0.5) is 0 Å². The molecule has 0 saturated carbocycles. The molecule has 0 bridgehead atoms. The molecule has 1 rings (SSSR count). The summed E-state index contributed by atoms with van der Waals surface area (Å²) in [6.45, 7) is 8.04. The largest absolute Gasteiger partial charge is 0.298 e. The first kappa shape index (κ1) is 16.0. The Kier molecular flexibility index (Phi) is 8.74. The van der Waals surface area contributed by atoms with Crippen LogP contribution in [-0.2, 0) is 6.54 Å². The Morgan fingerprint density at radius 1 is 1.17 bits per heavy atom. The van der Waals surface area contributed by atoms with Gasteiger partial charge in [-0.3, -0.25) is 4.90 Å². The highest BCUT2D eigenvalue weighted by Gasteiger charge is 2.06. The minimum absolute atomic E-state index is 1.09. The van der Waals surface area contributed by atoms with E-state index < -0.39 is 0 Å². The fraction of sp³-hybridized carbons (Fsp3) is 0.600. The third-order valence-corrected chi connectivity index (χ3v) is 4.08. The molecule has 0 fully saturated rings. The van der Waals surface area contributed by atoms with Crippen molar-refractivity contribution >= 4 is 33.9 Å². The third kappa shape index (κ3) is 6.21. The second kappa shape index (κ2) is 9.82. The van der Waals surface area contributed by atoms with Crippen LogP contribution in [-0.4, -0.2) is 18.0 Å². The van der Waals surface area contributed by atoms with Crippen LogP contribution in [0.25, 0.3) is 0 Å². The monoisotopic (exact) mass is 375 g/mol. The molecule has 1 aromatic rings. The van der Waals surface area contributed by atoms with Gasteiger partial charge in [0.25, 0.3) is 0 Å². The molecule has 3 heteroatoms. The van der Waals surface area contributed by atoms with Crippen molar-refractivity contribution in [1.82, 2.24) is 4.90 Å². The highest BCUT2D eigenvalue weighted by molar-refractivity contribution is 14.1. The van der Waals surface area contributed by atoms with E-state index in [2.05, 4.69) is 63.3 Å². The van der Waals surface area contributed by atoms with Crippen LogP contribution in [0.1, 0.15) is 49.3 Å². The van der Waals surface area contributed by atoms with E-state index in [-0.39, 0.29) is 0 Å². The van der Waals surface area contributed by atoms with Crippen LogP contribution in [0.2, 0.25) is 0 Å². The average molecular weight is 375 g/mol. The molecular formula is C15H22INS. The smallest absolute Gasteiger partial charge is 0.0780 e. The van der Waals surface area contributed by atoms with Gasteiger partial charge < -0.3 is 0 Å². The zero-order chi connectivity index (χ0) is 13.2. The van der Waals surface area contributed by atoms with Crippen molar-refractivity contribution in [1.29, 1.82) is 0 Å². The van der Waals surface area contributed by atoms with Gasteiger partial charge in [-0.1, -0.05) is 26.7 Å². The number of thiophene rings is 1. The first-order chi connectivity index (χ1) is 8.80. The zero-order valence-corrected chi connectivity index (χ0v) is 14.3. The number of rotatable bonds is 8. The van der Waals surface area contributed by atoms with Crippen molar-refractivity contribution in [3.8, 4) is 9.85 Å². The average Bonchev–Trinajstić information content (AvgIpc) is 2.78. The van der Waals surface area contributed by atoms with Crippen molar-refractivity contribution in [2.24, 2.45) is 0 Å². The topological polar surface area (TPSA) is 3.24 Å². The molecule has 0 aliphatic heterocycles. The molecule has 100 valence electrons. The fourth-order valence-electron chi connectivity index (χ4n) is 1.97. The summed E-state index contributed by atoms with van der Waals surface area (Å²) >= 11 is 3.93. The molecule has 1 heterocycles. The molecule has 1 aromatic heterocycles. The molecule has 18 heavy (non-hydrogen) atoms. The van der Waals surface area contributed by atoms with Gasteiger partial charge in [0.05, 0.1) is 4.88 Å². The number of halogens is 1. The second-order valence-electron chi connectivity index (χ2n) is 4.47. The van der Waals surface area contributed by atoms with Gasteiger partial charge in [0.2, 0.25) is 0 Å². The summed E-state index contributed by atoms with van der Waals surface area (Å²) in [5.41, 5.74) is 0. The van der Waals surface area contributed by atoms with Crippen LogP contribution in [0, 0.1) is 9.85 Å². The van der Waals surface area contributed by atoms with Crippen molar-refractivity contribution in [2.45, 2.75) is 46.1 Å².